The van der Waals surface area contributed by atoms with Gasteiger partial charge in [-0.05, 0) is 53.7 Å². The van der Waals surface area contributed by atoms with Gasteiger partial charge in [-0.25, -0.2) is 0 Å². The molecule has 1 aromatic rings. The van der Waals surface area contributed by atoms with Gasteiger partial charge in [0.1, 0.15) is 27.6 Å². The summed E-state index contributed by atoms with van der Waals surface area (Å²) in [5, 5.41) is 0. The van der Waals surface area contributed by atoms with Crippen molar-refractivity contribution < 1.29 is 14.0 Å². The van der Waals surface area contributed by atoms with Crippen LogP contribution < -0.4 is 9.47 Å². The second kappa shape index (κ2) is 7.71. The summed E-state index contributed by atoms with van der Waals surface area (Å²) in [5.74, 6) is 1.54. The molecule has 1 aromatic carbocycles. The third-order valence-corrected chi connectivity index (χ3v) is 4.10. The van der Waals surface area contributed by atoms with Gasteiger partial charge in [-0.2, -0.15) is 0 Å². The van der Waals surface area contributed by atoms with Gasteiger partial charge in [0.25, 0.3) is 0 Å². The second-order valence-corrected chi connectivity index (χ2v) is 7.54. The lowest BCUT2D eigenvalue weighted by atomic mass is 10.1. The predicted octanol–water partition coefficient (Wildman–Crippen LogP) is 3.67. The molecule has 0 N–H and O–H groups in total. The van der Waals surface area contributed by atoms with Crippen molar-refractivity contribution in [2.45, 2.75) is 46.3 Å². The van der Waals surface area contributed by atoms with Crippen molar-refractivity contribution >= 4 is 17.6 Å². The number of hydrogen-bond acceptors (Lipinski definition) is 4. The Bertz CT molecular complexity index is 468. The third-order valence-electron chi connectivity index (χ3n) is 2.76. The average molecular weight is 311 g/mol. The van der Waals surface area contributed by atoms with Crippen molar-refractivity contribution in [1.82, 2.24) is 0 Å². The minimum Gasteiger partial charge on any atom is -0.591 e. The largest absolute Gasteiger partial charge is 0.591 e. The zero-order chi connectivity index (χ0) is 16.0. The van der Waals surface area contributed by atoms with Crippen LogP contribution in [0.2, 0.25) is 0 Å². The second-order valence-electron chi connectivity index (χ2n) is 5.60. The molecular formula is C16H25NO3S. The molecule has 0 amide bonds. The first-order chi connectivity index (χ1) is 9.79. The molecule has 118 valence electrons. The molecule has 0 aromatic heterocycles. The highest BCUT2D eigenvalue weighted by Crippen LogP contribution is 2.29. The highest BCUT2D eigenvalue weighted by atomic mass is 32.2. The zero-order valence-corrected chi connectivity index (χ0v) is 14.5. The van der Waals surface area contributed by atoms with Crippen molar-refractivity contribution in [2.75, 3.05) is 13.2 Å². The van der Waals surface area contributed by atoms with Crippen molar-refractivity contribution in [2.24, 2.45) is 4.40 Å². The molecule has 1 atom stereocenters. The molecule has 0 saturated heterocycles. The van der Waals surface area contributed by atoms with Crippen LogP contribution in [-0.4, -0.2) is 28.7 Å². The molecule has 0 radical (unpaired) electrons. The van der Waals surface area contributed by atoms with Gasteiger partial charge >= 0.3 is 0 Å². The van der Waals surface area contributed by atoms with Crippen LogP contribution in [0.25, 0.3) is 0 Å². The van der Waals surface area contributed by atoms with E-state index >= 15 is 0 Å². The van der Waals surface area contributed by atoms with Gasteiger partial charge in [-0.1, -0.05) is 4.40 Å². The Kier molecular flexibility index (Phi) is 6.55. The fourth-order valence-corrected chi connectivity index (χ4v) is 2.17. The van der Waals surface area contributed by atoms with Crippen LogP contribution in [0, 0.1) is 6.92 Å². The lowest BCUT2D eigenvalue weighted by molar-refractivity contribution is 0.319. The van der Waals surface area contributed by atoms with E-state index in [2.05, 4.69) is 4.40 Å². The summed E-state index contributed by atoms with van der Waals surface area (Å²) in [5.41, 5.74) is 1.79. The van der Waals surface area contributed by atoms with Crippen LogP contribution in [0.1, 0.15) is 45.7 Å². The van der Waals surface area contributed by atoms with Crippen LogP contribution in [-0.2, 0) is 11.4 Å². The van der Waals surface area contributed by atoms with Crippen LogP contribution in [0.15, 0.2) is 16.5 Å². The molecule has 0 aliphatic carbocycles. The van der Waals surface area contributed by atoms with Gasteiger partial charge in [0.05, 0.1) is 19.4 Å². The highest BCUT2D eigenvalue weighted by Gasteiger charge is 2.25. The molecule has 0 fully saturated rings. The zero-order valence-electron chi connectivity index (χ0n) is 13.7. The fourth-order valence-electron chi connectivity index (χ4n) is 1.63. The van der Waals surface area contributed by atoms with E-state index in [0.717, 1.165) is 22.6 Å². The van der Waals surface area contributed by atoms with Crippen LogP contribution in [0.5, 0.6) is 11.5 Å². The van der Waals surface area contributed by atoms with Gasteiger partial charge in [0.15, 0.2) is 0 Å². The first kappa shape index (κ1) is 17.9. The number of rotatable bonds is 6. The monoisotopic (exact) mass is 311 g/mol. The Hall–Kier alpha value is -1.20. The minimum absolute atomic E-state index is 0.368. The molecular weight excluding hydrogens is 286 g/mol. The average Bonchev–Trinajstić information content (AvgIpc) is 2.40. The van der Waals surface area contributed by atoms with E-state index in [1.54, 1.807) is 6.21 Å². The van der Waals surface area contributed by atoms with Crippen LogP contribution in [0.4, 0.5) is 0 Å². The number of ether oxygens (including phenoxy) is 2. The van der Waals surface area contributed by atoms with E-state index in [0.29, 0.717) is 13.2 Å². The van der Waals surface area contributed by atoms with Crippen molar-refractivity contribution in [3.63, 3.8) is 0 Å². The Balaban J connectivity index is 3.09. The number of benzene rings is 1. The van der Waals surface area contributed by atoms with E-state index in [-0.39, 0.29) is 4.75 Å². The molecule has 0 bridgehead atoms. The molecule has 5 heteroatoms. The Labute approximate surface area is 130 Å². The van der Waals surface area contributed by atoms with Gasteiger partial charge in [0, 0.05) is 11.1 Å². The van der Waals surface area contributed by atoms with E-state index in [1.807, 2.05) is 53.7 Å². The summed E-state index contributed by atoms with van der Waals surface area (Å²) in [6, 6.07) is 3.79. The van der Waals surface area contributed by atoms with E-state index in [1.165, 1.54) is 0 Å². The lowest BCUT2D eigenvalue weighted by Crippen LogP contribution is -2.25. The van der Waals surface area contributed by atoms with E-state index in [4.69, 9.17) is 9.47 Å². The summed E-state index contributed by atoms with van der Waals surface area (Å²) in [6.45, 7) is 12.7. The maximum absolute atomic E-state index is 12.0. The van der Waals surface area contributed by atoms with E-state index in [9.17, 15) is 4.55 Å². The maximum Gasteiger partial charge on any atom is 0.144 e. The van der Waals surface area contributed by atoms with Gasteiger partial charge in [-0.3, -0.25) is 0 Å². The van der Waals surface area contributed by atoms with Crippen LogP contribution >= 0.6 is 0 Å². The topological polar surface area (TPSA) is 53.9 Å². The summed E-state index contributed by atoms with van der Waals surface area (Å²) in [4.78, 5) is 0. The highest BCUT2D eigenvalue weighted by molar-refractivity contribution is 7.91. The molecule has 0 heterocycles. The maximum atomic E-state index is 12.0. The number of nitrogens with zero attached hydrogens (tertiary/aromatic N) is 1. The van der Waals surface area contributed by atoms with Crippen molar-refractivity contribution in [3.8, 4) is 11.5 Å². The Morgan fingerprint density at radius 3 is 2.00 bits per heavy atom. The summed E-state index contributed by atoms with van der Waals surface area (Å²) < 4.78 is 27.0. The molecule has 1 unspecified atom stereocenters. The third kappa shape index (κ3) is 5.25. The normalized spacial score (nSPS) is 13.5. The van der Waals surface area contributed by atoms with Crippen molar-refractivity contribution in [3.05, 3.63) is 23.3 Å². The number of hydrogen-bond donors (Lipinski definition) is 0. The minimum atomic E-state index is -1.28. The molecule has 4 nitrogen and oxygen atoms in total. The molecule has 0 aliphatic heterocycles. The predicted molar refractivity (Wildman–Crippen MR) is 89.0 cm³/mol. The lowest BCUT2D eigenvalue weighted by Gasteiger charge is -2.18. The molecule has 0 spiro atoms. The quantitative estimate of drug-likeness (QED) is 0.595. The van der Waals surface area contributed by atoms with Crippen molar-refractivity contribution in [1.29, 1.82) is 0 Å². The van der Waals surface area contributed by atoms with E-state index < -0.39 is 11.4 Å². The summed E-state index contributed by atoms with van der Waals surface area (Å²) in [7, 11) is 0. The fraction of sp³-hybridized carbons (Fsp3) is 0.562. The SMILES string of the molecule is CCOc1cc(C=N[S+]([O-])C(C)(C)C)cc(OCC)c1C. The molecule has 1 rings (SSSR count). The van der Waals surface area contributed by atoms with Gasteiger partial charge < -0.3 is 14.0 Å². The Morgan fingerprint density at radius 2 is 1.62 bits per heavy atom. The summed E-state index contributed by atoms with van der Waals surface area (Å²) in [6.07, 6.45) is 1.62. The van der Waals surface area contributed by atoms with Crippen LogP contribution in [0.3, 0.4) is 0 Å². The Morgan fingerprint density at radius 1 is 1.14 bits per heavy atom. The summed E-state index contributed by atoms with van der Waals surface area (Å²) >= 11 is -1.28. The van der Waals surface area contributed by atoms with Gasteiger partial charge in [-0.15, -0.1) is 0 Å². The smallest absolute Gasteiger partial charge is 0.144 e. The van der Waals surface area contributed by atoms with Gasteiger partial charge in [0.2, 0.25) is 0 Å². The molecule has 0 saturated carbocycles. The standard InChI is InChI=1S/C16H25NO3S/c1-7-19-14-9-13(10-15(12(14)3)20-8-2)11-17-21(18)16(4,5)6/h9-11H,7-8H2,1-6H3. The molecule has 0 aliphatic rings. The first-order valence-corrected chi connectivity index (χ1v) is 8.26. The first-order valence-electron chi connectivity index (χ1n) is 7.15. The molecule has 21 heavy (non-hydrogen) atoms.